The van der Waals surface area contributed by atoms with Crippen LogP contribution in [0, 0.1) is 0 Å². The first-order valence-electron chi connectivity index (χ1n) is 12.3. The molecule has 2 amide bonds. The summed E-state index contributed by atoms with van der Waals surface area (Å²) in [6.07, 6.45) is 0.710. The van der Waals surface area contributed by atoms with Gasteiger partial charge in [-0.1, -0.05) is 72.1 Å². The van der Waals surface area contributed by atoms with Gasteiger partial charge in [-0.05, 0) is 68.3 Å². The number of carbonyl (C=O) groups excluding carboxylic acids is 2. The molecule has 0 unspecified atom stereocenters. The number of rotatable bonds is 11. The fraction of sp³-hybridized carbons (Fsp3) is 0.286. The predicted molar refractivity (Wildman–Crippen MR) is 157 cm³/mol. The molecule has 3 rings (SSSR count). The van der Waals surface area contributed by atoms with E-state index in [2.05, 4.69) is 5.32 Å². The normalized spacial score (nSPS) is 12.9. The average molecular weight is 611 g/mol. The minimum atomic E-state index is -4.23. The Balaban J connectivity index is 2.04. The minimum Gasteiger partial charge on any atom is -0.352 e. The molecule has 2 atom stereocenters. The molecule has 11 heteroatoms. The van der Waals surface area contributed by atoms with Crippen LogP contribution in [0.15, 0.2) is 77.7 Å². The van der Waals surface area contributed by atoms with Crippen LogP contribution in [-0.4, -0.2) is 43.8 Å². The molecule has 7 nitrogen and oxygen atoms in total. The zero-order chi connectivity index (χ0) is 28.7. The van der Waals surface area contributed by atoms with E-state index in [9.17, 15) is 18.0 Å². The van der Waals surface area contributed by atoms with Crippen LogP contribution >= 0.6 is 34.8 Å². The summed E-state index contributed by atoms with van der Waals surface area (Å²) >= 11 is 18.5. The van der Waals surface area contributed by atoms with Gasteiger partial charge in [-0.25, -0.2) is 8.42 Å². The Morgan fingerprint density at radius 2 is 1.51 bits per heavy atom. The molecule has 0 saturated carbocycles. The van der Waals surface area contributed by atoms with Crippen LogP contribution in [0.1, 0.15) is 32.8 Å². The van der Waals surface area contributed by atoms with Crippen molar-refractivity contribution in [1.29, 1.82) is 0 Å². The first-order chi connectivity index (χ1) is 18.4. The van der Waals surface area contributed by atoms with Gasteiger partial charge in [0.05, 0.1) is 15.6 Å². The summed E-state index contributed by atoms with van der Waals surface area (Å²) in [5.41, 5.74) is 0.805. The van der Waals surface area contributed by atoms with Gasteiger partial charge in [0.15, 0.2) is 0 Å². The maximum atomic E-state index is 13.9. The Morgan fingerprint density at radius 1 is 0.897 bits per heavy atom. The van der Waals surface area contributed by atoms with Crippen LogP contribution in [-0.2, 0) is 26.2 Å². The average Bonchev–Trinajstić information content (AvgIpc) is 2.91. The number of hydrogen-bond acceptors (Lipinski definition) is 4. The number of benzene rings is 3. The van der Waals surface area contributed by atoms with Crippen LogP contribution in [0.25, 0.3) is 0 Å². The molecule has 0 spiro atoms. The zero-order valence-corrected chi connectivity index (χ0v) is 24.9. The van der Waals surface area contributed by atoms with E-state index in [1.807, 2.05) is 13.8 Å². The molecule has 3 aromatic carbocycles. The van der Waals surface area contributed by atoms with E-state index in [0.29, 0.717) is 16.5 Å². The number of hydrogen-bond donors (Lipinski definition) is 1. The molecule has 3 aromatic rings. The van der Waals surface area contributed by atoms with Crippen molar-refractivity contribution in [2.75, 3.05) is 10.8 Å². The third-order valence-electron chi connectivity index (χ3n) is 6.22. The highest BCUT2D eigenvalue weighted by atomic mass is 35.5. The number of nitrogens with one attached hydrogen (secondary N) is 1. The maximum Gasteiger partial charge on any atom is 0.264 e. The fourth-order valence-corrected chi connectivity index (χ4v) is 5.89. The van der Waals surface area contributed by atoms with Gasteiger partial charge in [-0.2, -0.15) is 0 Å². The Bertz CT molecular complexity index is 1400. The van der Waals surface area contributed by atoms with Crippen LogP contribution in [0.2, 0.25) is 15.1 Å². The summed E-state index contributed by atoms with van der Waals surface area (Å²) in [4.78, 5) is 28.3. The quantitative estimate of drug-likeness (QED) is 0.281. The van der Waals surface area contributed by atoms with Crippen molar-refractivity contribution in [3.05, 3.63) is 93.4 Å². The molecule has 0 bridgehead atoms. The molecule has 0 aliphatic carbocycles. The van der Waals surface area contributed by atoms with E-state index in [1.165, 1.54) is 35.2 Å². The number of nitrogens with zero attached hydrogens (tertiary/aromatic N) is 2. The van der Waals surface area contributed by atoms with Crippen molar-refractivity contribution < 1.29 is 18.0 Å². The molecule has 39 heavy (non-hydrogen) atoms. The zero-order valence-electron chi connectivity index (χ0n) is 21.8. The predicted octanol–water partition coefficient (Wildman–Crippen LogP) is 6.17. The summed E-state index contributed by atoms with van der Waals surface area (Å²) in [6.45, 7) is 4.86. The highest BCUT2D eigenvalue weighted by molar-refractivity contribution is 7.92. The molecule has 1 N–H and O–H groups in total. The smallest absolute Gasteiger partial charge is 0.264 e. The van der Waals surface area contributed by atoms with Crippen molar-refractivity contribution in [1.82, 2.24) is 10.2 Å². The number of carbonyl (C=O) groups is 2. The third kappa shape index (κ3) is 7.88. The van der Waals surface area contributed by atoms with Gasteiger partial charge in [0.1, 0.15) is 12.6 Å². The SMILES string of the molecule is CC[C@H](C)NC(=O)[C@H](C)N(Cc1ccc(Cl)cc1)C(=O)CN(c1ccc(Cl)cc1Cl)S(=O)(=O)c1ccccc1. The second kappa shape index (κ2) is 13.5. The number of sulfonamides is 1. The molecule has 0 radical (unpaired) electrons. The lowest BCUT2D eigenvalue weighted by molar-refractivity contribution is -0.139. The summed E-state index contributed by atoms with van der Waals surface area (Å²) in [5.74, 6) is -0.948. The van der Waals surface area contributed by atoms with Crippen LogP contribution in [0.5, 0.6) is 0 Å². The number of amides is 2. The van der Waals surface area contributed by atoms with E-state index < -0.39 is 28.5 Å². The van der Waals surface area contributed by atoms with Crippen molar-refractivity contribution in [2.24, 2.45) is 0 Å². The minimum absolute atomic E-state index is 0.0179. The lowest BCUT2D eigenvalue weighted by atomic mass is 10.1. The van der Waals surface area contributed by atoms with E-state index >= 15 is 0 Å². The van der Waals surface area contributed by atoms with Gasteiger partial charge in [0.25, 0.3) is 10.0 Å². The van der Waals surface area contributed by atoms with Gasteiger partial charge >= 0.3 is 0 Å². The molecule has 0 heterocycles. The van der Waals surface area contributed by atoms with Crippen LogP contribution in [0.4, 0.5) is 5.69 Å². The maximum absolute atomic E-state index is 13.9. The van der Waals surface area contributed by atoms with E-state index in [-0.39, 0.29) is 34.1 Å². The van der Waals surface area contributed by atoms with E-state index in [0.717, 1.165) is 9.87 Å². The molecule has 0 saturated heterocycles. The highest BCUT2D eigenvalue weighted by Crippen LogP contribution is 2.33. The van der Waals surface area contributed by atoms with Gasteiger partial charge in [0, 0.05) is 22.6 Å². The lowest BCUT2D eigenvalue weighted by Crippen LogP contribution is -2.52. The Labute approximate surface area is 244 Å². The van der Waals surface area contributed by atoms with Crippen molar-refractivity contribution in [3.63, 3.8) is 0 Å². The topological polar surface area (TPSA) is 86.8 Å². The van der Waals surface area contributed by atoms with Crippen molar-refractivity contribution >= 4 is 62.3 Å². The first-order valence-corrected chi connectivity index (χ1v) is 14.9. The molecule has 0 aliphatic heterocycles. The summed E-state index contributed by atoms with van der Waals surface area (Å²) in [5, 5.41) is 3.79. The largest absolute Gasteiger partial charge is 0.352 e. The van der Waals surface area contributed by atoms with Crippen molar-refractivity contribution in [2.45, 2.75) is 50.7 Å². The third-order valence-corrected chi connectivity index (χ3v) is 8.79. The fourth-order valence-electron chi connectivity index (χ4n) is 3.75. The van der Waals surface area contributed by atoms with E-state index in [4.69, 9.17) is 34.8 Å². The Kier molecular flexibility index (Phi) is 10.7. The number of anilines is 1. The Hall–Kier alpha value is -2.78. The lowest BCUT2D eigenvalue weighted by Gasteiger charge is -2.32. The molecule has 208 valence electrons. The van der Waals surface area contributed by atoms with Gasteiger partial charge in [-0.15, -0.1) is 0 Å². The number of halogens is 3. The van der Waals surface area contributed by atoms with Gasteiger partial charge in [0.2, 0.25) is 11.8 Å². The first kappa shape index (κ1) is 30.8. The van der Waals surface area contributed by atoms with Crippen LogP contribution in [0.3, 0.4) is 0 Å². The second-order valence-electron chi connectivity index (χ2n) is 9.06. The summed E-state index contributed by atoms with van der Waals surface area (Å²) in [6, 6.07) is 17.9. The second-order valence-corrected chi connectivity index (χ2v) is 12.2. The molecule has 0 aromatic heterocycles. The Morgan fingerprint density at radius 3 is 2.10 bits per heavy atom. The molecular formula is C28H30Cl3N3O4S. The van der Waals surface area contributed by atoms with Crippen molar-refractivity contribution in [3.8, 4) is 0 Å². The molecule has 0 aliphatic rings. The standard InChI is InChI=1S/C28H30Cl3N3O4S/c1-4-19(2)32-28(36)20(3)33(17-21-10-12-22(29)13-11-21)27(35)18-34(26-15-14-23(30)16-25(26)31)39(37,38)24-8-6-5-7-9-24/h5-16,19-20H,4,17-18H2,1-3H3,(H,32,36)/t19-,20-/m0/s1. The summed E-state index contributed by atoms with van der Waals surface area (Å²) < 4.78 is 28.5. The van der Waals surface area contributed by atoms with Gasteiger partial charge < -0.3 is 10.2 Å². The van der Waals surface area contributed by atoms with Gasteiger partial charge in [-0.3, -0.25) is 13.9 Å². The van der Waals surface area contributed by atoms with Crippen LogP contribution < -0.4 is 9.62 Å². The molecular weight excluding hydrogens is 581 g/mol. The monoisotopic (exact) mass is 609 g/mol. The summed E-state index contributed by atoms with van der Waals surface area (Å²) in [7, 11) is -4.23. The highest BCUT2D eigenvalue weighted by Gasteiger charge is 2.33. The molecule has 0 fully saturated rings. The van der Waals surface area contributed by atoms with E-state index in [1.54, 1.807) is 49.4 Å².